The van der Waals surface area contributed by atoms with E-state index in [2.05, 4.69) is 29.7 Å². The smallest absolute Gasteiger partial charge is 0.344 e. The molecule has 3 heteroatoms. The second-order valence-corrected chi connectivity index (χ2v) is 5.33. The number of esters is 1. The molecule has 1 aromatic rings. The fraction of sp³-hybridized carbons (Fsp3) is 0.368. The first kappa shape index (κ1) is 16.2. The number of carbonyl (C=O) groups is 1. The van der Waals surface area contributed by atoms with Gasteiger partial charge in [-0.2, -0.15) is 0 Å². The number of hydrogen-bond acceptors (Lipinski definition) is 2. The molecule has 0 unspecified atom stereocenters. The van der Waals surface area contributed by atoms with Gasteiger partial charge in [-0.15, -0.1) is 0 Å². The average Bonchev–Trinajstić information content (AvgIpc) is 2.51. The number of benzene rings is 1. The van der Waals surface area contributed by atoms with Crippen molar-refractivity contribution in [2.75, 3.05) is 13.2 Å². The molecule has 0 atom stereocenters. The van der Waals surface area contributed by atoms with Gasteiger partial charge < -0.3 is 4.74 Å². The monoisotopic (exact) mass is 298 g/mol. The van der Waals surface area contributed by atoms with Crippen LogP contribution in [0.25, 0.3) is 0 Å². The van der Waals surface area contributed by atoms with Crippen molar-refractivity contribution in [3.8, 4) is 0 Å². The third-order valence-electron chi connectivity index (χ3n) is 3.63. The molecule has 0 fully saturated rings. The van der Waals surface area contributed by atoms with Gasteiger partial charge in [0.15, 0.2) is 12.8 Å². The van der Waals surface area contributed by atoms with Gasteiger partial charge in [-0.05, 0) is 19.4 Å². The third-order valence-corrected chi connectivity index (χ3v) is 3.63. The Morgan fingerprint density at radius 2 is 2.00 bits per heavy atom. The molecule has 22 heavy (non-hydrogen) atoms. The van der Waals surface area contributed by atoms with Gasteiger partial charge in [0.1, 0.15) is 12.1 Å². The van der Waals surface area contributed by atoms with Crippen LogP contribution < -0.4 is 0 Å². The van der Waals surface area contributed by atoms with Crippen LogP contribution in [0.4, 0.5) is 0 Å². The van der Waals surface area contributed by atoms with Crippen LogP contribution in [0.2, 0.25) is 0 Å². The number of rotatable bonds is 5. The number of nitrogens with zero attached hydrogens (tertiary/aromatic N) is 1. The summed E-state index contributed by atoms with van der Waals surface area (Å²) in [5, 5.41) is 0. The minimum absolute atomic E-state index is 0.248. The second-order valence-electron chi connectivity index (χ2n) is 5.33. The van der Waals surface area contributed by atoms with Gasteiger partial charge in [0.05, 0.1) is 6.61 Å². The highest BCUT2D eigenvalue weighted by Crippen LogP contribution is 2.12. The zero-order chi connectivity index (χ0) is 15.8. The summed E-state index contributed by atoms with van der Waals surface area (Å²) >= 11 is 0. The highest BCUT2D eigenvalue weighted by Gasteiger charge is 2.17. The molecule has 1 aliphatic heterocycles. The molecule has 0 saturated carbocycles. The zero-order valence-electron chi connectivity index (χ0n) is 13.4. The molecule has 0 saturated heterocycles. The molecule has 0 N–H and O–H groups in total. The first-order valence-electron chi connectivity index (χ1n) is 7.93. The fourth-order valence-corrected chi connectivity index (χ4v) is 2.49. The molecule has 116 valence electrons. The predicted octanol–water partition coefficient (Wildman–Crippen LogP) is 3.50. The third kappa shape index (κ3) is 4.69. The van der Waals surface area contributed by atoms with Gasteiger partial charge in [0, 0.05) is 12.0 Å². The van der Waals surface area contributed by atoms with Crippen LogP contribution in [0.15, 0.2) is 53.6 Å². The lowest BCUT2D eigenvalue weighted by Crippen LogP contribution is -2.20. The first-order valence-corrected chi connectivity index (χ1v) is 7.93. The zero-order valence-corrected chi connectivity index (χ0v) is 13.4. The summed E-state index contributed by atoms with van der Waals surface area (Å²) in [5.41, 5.74) is 3.06. The van der Waals surface area contributed by atoms with Gasteiger partial charge in [-0.3, -0.25) is 0 Å². The molecule has 0 aromatic heterocycles. The van der Waals surface area contributed by atoms with Crippen LogP contribution in [-0.4, -0.2) is 29.9 Å². The maximum atomic E-state index is 12.1. The Morgan fingerprint density at radius 3 is 2.68 bits per heavy atom. The maximum Gasteiger partial charge on any atom is 0.344 e. The van der Waals surface area contributed by atoms with E-state index in [1.807, 2.05) is 37.4 Å². The van der Waals surface area contributed by atoms with Crippen molar-refractivity contribution in [3.63, 3.8) is 0 Å². The minimum atomic E-state index is -0.248. The molecule has 2 rings (SSSR count). The van der Waals surface area contributed by atoms with Crippen molar-refractivity contribution in [2.24, 2.45) is 0 Å². The topological polar surface area (TPSA) is 29.3 Å². The van der Waals surface area contributed by atoms with Crippen molar-refractivity contribution in [1.82, 2.24) is 0 Å². The van der Waals surface area contributed by atoms with Crippen molar-refractivity contribution >= 4 is 12.2 Å². The van der Waals surface area contributed by atoms with E-state index in [1.54, 1.807) is 0 Å². The Kier molecular flexibility index (Phi) is 6.13. The lowest BCUT2D eigenvalue weighted by Gasteiger charge is -2.09. The Labute approximate surface area is 132 Å². The van der Waals surface area contributed by atoms with E-state index in [0.717, 1.165) is 25.9 Å². The van der Waals surface area contributed by atoms with Crippen molar-refractivity contribution in [2.45, 2.75) is 33.2 Å². The SMILES string of the molecule is CCOC(=O)/C1=C/C(CC)=C\CC[N+](Cc2ccccc2)=C1. The largest absolute Gasteiger partial charge is 0.462 e. The van der Waals surface area contributed by atoms with E-state index >= 15 is 0 Å². The lowest BCUT2D eigenvalue weighted by molar-refractivity contribution is -0.538. The highest BCUT2D eigenvalue weighted by molar-refractivity contribution is 6.08. The van der Waals surface area contributed by atoms with Gasteiger partial charge in [-0.25, -0.2) is 9.37 Å². The van der Waals surface area contributed by atoms with E-state index in [0.29, 0.717) is 12.2 Å². The summed E-state index contributed by atoms with van der Waals surface area (Å²) in [6.07, 6.45) is 8.02. The molecule has 0 aliphatic carbocycles. The lowest BCUT2D eigenvalue weighted by atomic mass is 10.1. The molecule has 1 aliphatic rings. The quantitative estimate of drug-likeness (QED) is 0.615. The molecule has 0 radical (unpaired) electrons. The summed E-state index contributed by atoms with van der Waals surface area (Å²) in [6.45, 7) is 6.03. The molecular weight excluding hydrogens is 274 g/mol. The molecule has 1 heterocycles. The van der Waals surface area contributed by atoms with Gasteiger partial charge in [0.25, 0.3) is 0 Å². The van der Waals surface area contributed by atoms with E-state index in [1.165, 1.54) is 11.1 Å². The Balaban J connectivity index is 2.26. The van der Waals surface area contributed by atoms with Gasteiger partial charge in [0.2, 0.25) is 0 Å². The number of allylic oxidation sites excluding steroid dienone is 2. The minimum Gasteiger partial charge on any atom is -0.462 e. The van der Waals surface area contributed by atoms with Crippen LogP contribution in [-0.2, 0) is 16.1 Å². The Hall–Kier alpha value is -2.16. The van der Waals surface area contributed by atoms with Crippen molar-refractivity contribution in [1.29, 1.82) is 0 Å². The summed E-state index contributed by atoms with van der Waals surface area (Å²) in [4.78, 5) is 12.1. The summed E-state index contributed by atoms with van der Waals surface area (Å²) < 4.78 is 7.36. The van der Waals surface area contributed by atoms with Crippen LogP contribution in [0, 0.1) is 0 Å². The molecule has 1 aromatic carbocycles. The van der Waals surface area contributed by atoms with Crippen molar-refractivity contribution < 1.29 is 14.1 Å². The highest BCUT2D eigenvalue weighted by atomic mass is 16.5. The average molecular weight is 298 g/mol. The van der Waals surface area contributed by atoms with E-state index in [-0.39, 0.29) is 5.97 Å². The van der Waals surface area contributed by atoms with Gasteiger partial charge >= 0.3 is 5.97 Å². The maximum absolute atomic E-state index is 12.1. The molecule has 0 bridgehead atoms. The Morgan fingerprint density at radius 1 is 1.23 bits per heavy atom. The summed E-state index contributed by atoms with van der Waals surface area (Å²) in [6, 6.07) is 10.3. The second kappa shape index (κ2) is 8.32. The number of hydrogen-bond donors (Lipinski definition) is 0. The normalized spacial score (nSPS) is 19.8. The molecule has 3 nitrogen and oxygen atoms in total. The standard InChI is InChI=1S/C19H24NO2/c1-3-16-11-8-12-20(14-17-9-6-5-7-10-17)15-18(13-16)19(21)22-4-2/h5-7,9-11,13,15H,3-4,8,12,14H2,1-2H3/q+1/b16-11-,18-13+,20-15?. The van der Waals surface area contributed by atoms with E-state index in [4.69, 9.17) is 4.74 Å². The number of ether oxygens (including phenoxy) is 1. The summed E-state index contributed by atoms with van der Waals surface area (Å²) in [7, 11) is 0. The molecular formula is C19H24NO2+. The summed E-state index contributed by atoms with van der Waals surface area (Å²) in [5.74, 6) is -0.248. The number of carbonyl (C=O) groups excluding carboxylic acids is 1. The van der Waals surface area contributed by atoms with Crippen LogP contribution in [0.5, 0.6) is 0 Å². The van der Waals surface area contributed by atoms with E-state index < -0.39 is 0 Å². The van der Waals surface area contributed by atoms with Gasteiger partial charge in [-0.1, -0.05) is 48.9 Å². The molecule has 0 amide bonds. The fourth-order valence-electron chi connectivity index (χ4n) is 2.49. The van der Waals surface area contributed by atoms with Crippen LogP contribution in [0.1, 0.15) is 32.3 Å². The van der Waals surface area contributed by atoms with E-state index in [9.17, 15) is 4.79 Å². The van der Waals surface area contributed by atoms with Crippen LogP contribution >= 0.6 is 0 Å². The predicted molar refractivity (Wildman–Crippen MR) is 89.0 cm³/mol. The van der Waals surface area contributed by atoms with Crippen LogP contribution in [0.3, 0.4) is 0 Å². The Bertz CT molecular complexity index is 597. The molecule has 0 spiro atoms. The first-order chi connectivity index (χ1) is 10.7. The van der Waals surface area contributed by atoms with Crippen molar-refractivity contribution in [3.05, 3.63) is 59.2 Å².